The number of carboxylic acid groups (broad SMARTS) is 1. The molecule has 6 heteroatoms. The Bertz CT molecular complexity index is 465. The minimum atomic E-state index is -1.03. The van der Waals surface area contributed by atoms with Gasteiger partial charge in [-0.05, 0) is 32.8 Å². The fraction of sp³-hybridized carbons (Fsp3) is 0.583. The molecule has 1 atom stereocenters. The van der Waals surface area contributed by atoms with Crippen LogP contribution in [-0.4, -0.2) is 32.8 Å². The number of rotatable bonds is 5. The molecular weight excluding hydrogens is 234 g/mol. The molecule has 1 heterocycles. The van der Waals surface area contributed by atoms with Crippen molar-refractivity contribution in [2.24, 2.45) is 7.05 Å². The number of amides is 1. The third-order valence-corrected chi connectivity index (χ3v) is 3.01. The van der Waals surface area contributed by atoms with E-state index in [1.165, 1.54) is 6.92 Å². The highest BCUT2D eigenvalue weighted by Gasteiger charge is 2.15. The maximum absolute atomic E-state index is 11.6. The molecule has 1 rings (SSSR count). The molecule has 2 N–H and O–H groups in total. The molecule has 0 fully saturated rings. The standard InChI is InChI=1S/C12H19N3O3/c1-7-10(9(3)15(4)14-7)5-6-11(16)13-8(2)12(17)18/h8H,5-6H2,1-4H3,(H,13,16)(H,17,18). The Morgan fingerprint density at radius 1 is 1.44 bits per heavy atom. The summed E-state index contributed by atoms with van der Waals surface area (Å²) in [5.41, 5.74) is 3.00. The highest BCUT2D eigenvalue weighted by Crippen LogP contribution is 2.13. The molecule has 0 aromatic carbocycles. The van der Waals surface area contributed by atoms with Crippen LogP contribution in [0.25, 0.3) is 0 Å². The highest BCUT2D eigenvalue weighted by molar-refractivity contribution is 5.83. The summed E-state index contributed by atoms with van der Waals surface area (Å²) in [7, 11) is 1.86. The average Bonchev–Trinajstić information content (AvgIpc) is 2.51. The van der Waals surface area contributed by atoms with E-state index in [1.807, 2.05) is 20.9 Å². The third-order valence-electron chi connectivity index (χ3n) is 3.01. The van der Waals surface area contributed by atoms with Crippen LogP contribution in [0.3, 0.4) is 0 Å². The normalized spacial score (nSPS) is 12.2. The average molecular weight is 253 g/mol. The number of aryl methyl sites for hydroxylation is 2. The zero-order chi connectivity index (χ0) is 13.9. The Labute approximate surface area is 106 Å². The van der Waals surface area contributed by atoms with E-state index in [9.17, 15) is 9.59 Å². The first-order valence-electron chi connectivity index (χ1n) is 5.84. The lowest BCUT2D eigenvalue weighted by Gasteiger charge is -2.09. The summed E-state index contributed by atoms with van der Waals surface area (Å²) in [6.45, 7) is 5.30. The van der Waals surface area contributed by atoms with E-state index < -0.39 is 12.0 Å². The van der Waals surface area contributed by atoms with E-state index in [0.717, 1.165) is 17.0 Å². The molecule has 1 aromatic heterocycles. The minimum Gasteiger partial charge on any atom is -0.480 e. The molecule has 0 saturated carbocycles. The van der Waals surface area contributed by atoms with E-state index in [-0.39, 0.29) is 12.3 Å². The monoisotopic (exact) mass is 253 g/mol. The minimum absolute atomic E-state index is 0.257. The molecule has 0 bridgehead atoms. The first-order chi connectivity index (χ1) is 8.32. The van der Waals surface area contributed by atoms with Gasteiger partial charge in [0.25, 0.3) is 0 Å². The number of carboxylic acids is 1. The van der Waals surface area contributed by atoms with E-state index in [1.54, 1.807) is 4.68 Å². The summed E-state index contributed by atoms with van der Waals surface area (Å²) in [5.74, 6) is -1.29. The number of aromatic nitrogens is 2. The Kier molecular flexibility index (Phi) is 4.47. The molecule has 0 aliphatic heterocycles. The smallest absolute Gasteiger partial charge is 0.325 e. The van der Waals surface area contributed by atoms with Crippen molar-refractivity contribution in [3.63, 3.8) is 0 Å². The summed E-state index contributed by atoms with van der Waals surface area (Å²) < 4.78 is 1.78. The van der Waals surface area contributed by atoms with Crippen LogP contribution < -0.4 is 5.32 Å². The Hall–Kier alpha value is -1.85. The zero-order valence-corrected chi connectivity index (χ0v) is 11.1. The number of nitrogens with zero attached hydrogens (tertiary/aromatic N) is 2. The van der Waals surface area contributed by atoms with Crippen molar-refractivity contribution in [3.8, 4) is 0 Å². The molecule has 0 saturated heterocycles. The SMILES string of the molecule is Cc1nn(C)c(C)c1CCC(=O)NC(C)C(=O)O. The number of aliphatic carboxylic acids is 1. The van der Waals surface area contributed by atoms with E-state index in [2.05, 4.69) is 10.4 Å². The predicted molar refractivity (Wildman–Crippen MR) is 66.2 cm³/mol. The molecule has 1 aromatic rings. The Balaban J connectivity index is 2.55. The van der Waals surface area contributed by atoms with Gasteiger partial charge in [-0.2, -0.15) is 5.10 Å². The quantitative estimate of drug-likeness (QED) is 0.803. The van der Waals surface area contributed by atoms with Gasteiger partial charge in [-0.25, -0.2) is 0 Å². The number of nitrogens with one attached hydrogen (secondary N) is 1. The molecule has 0 spiro atoms. The summed E-state index contributed by atoms with van der Waals surface area (Å²) in [5, 5.41) is 15.4. The number of carbonyl (C=O) groups is 2. The number of carbonyl (C=O) groups excluding carboxylic acids is 1. The molecule has 0 radical (unpaired) electrons. The van der Waals surface area contributed by atoms with Crippen molar-refractivity contribution < 1.29 is 14.7 Å². The van der Waals surface area contributed by atoms with E-state index in [4.69, 9.17) is 5.11 Å². The van der Waals surface area contributed by atoms with Gasteiger partial charge in [0.2, 0.25) is 5.91 Å². The fourth-order valence-electron chi connectivity index (χ4n) is 1.79. The summed E-state index contributed by atoms with van der Waals surface area (Å²) in [4.78, 5) is 22.2. The summed E-state index contributed by atoms with van der Waals surface area (Å²) >= 11 is 0. The molecule has 0 aliphatic carbocycles. The van der Waals surface area contributed by atoms with Crippen molar-refractivity contribution in [3.05, 3.63) is 17.0 Å². The molecule has 1 unspecified atom stereocenters. The highest BCUT2D eigenvalue weighted by atomic mass is 16.4. The number of hydrogen-bond acceptors (Lipinski definition) is 3. The lowest BCUT2D eigenvalue weighted by molar-refractivity contribution is -0.141. The fourth-order valence-corrected chi connectivity index (χ4v) is 1.79. The first kappa shape index (κ1) is 14.2. The maximum atomic E-state index is 11.6. The van der Waals surface area contributed by atoms with Crippen LogP contribution in [0.1, 0.15) is 30.3 Å². The second-order valence-corrected chi connectivity index (χ2v) is 4.40. The van der Waals surface area contributed by atoms with Gasteiger partial charge in [-0.1, -0.05) is 0 Å². The molecule has 6 nitrogen and oxygen atoms in total. The lowest BCUT2D eigenvalue weighted by atomic mass is 10.1. The summed E-state index contributed by atoms with van der Waals surface area (Å²) in [6, 6.07) is -0.853. The third kappa shape index (κ3) is 3.32. The van der Waals surface area contributed by atoms with Crippen LogP contribution in [0.5, 0.6) is 0 Å². The number of hydrogen-bond donors (Lipinski definition) is 2. The van der Waals surface area contributed by atoms with Gasteiger partial charge in [0.05, 0.1) is 5.69 Å². The summed E-state index contributed by atoms with van der Waals surface area (Å²) in [6.07, 6.45) is 0.842. The van der Waals surface area contributed by atoms with Crippen molar-refractivity contribution >= 4 is 11.9 Å². The predicted octanol–water partition coefficient (Wildman–Crippen LogP) is 0.559. The van der Waals surface area contributed by atoms with Crippen molar-refractivity contribution in [1.82, 2.24) is 15.1 Å². The van der Waals surface area contributed by atoms with Gasteiger partial charge in [0.1, 0.15) is 6.04 Å². The van der Waals surface area contributed by atoms with Gasteiger partial charge in [-0.3, -0.25) is 14.3 Å². The van der Waals surface area contributed by atoms with E-state index in [0.29, 0.717) is 6.42 Å². The van der Waals surface area contributed by atoms with Gasteiger partial charge in [-0.15, -0.1) is 0 Å². The van der Waals surface area contributed by atoms with Crippen LogP contribution in [-0.2, 0) is 23.1 Å². The van der Waals surface area contributed by atoms with Crippen molar-refractivity contribution in [2.45, 2.75) is 39.7 Å². The van der Waals surface area contributed by atoms with Crippen LogP contribution >= 0.6 is 0 Å². The molecule has 100 valence electrons. The zero-order valence-electron chi connectivity index (χ0n) is 11.1. The molecule has 0 aliphatic rings. The van der Waals surface area contributed by atoms with Crippen LogP contribution in [0.2, 0.25) is 0 Å². The van der Waals surface area contributed by atoms with Crippen LogP contribution in [0.4, 0.5) is 0 Å². The Morgan fingerprint density at radius 2 is 2.06 bits per heavy atom. The second-order valence-electron chi connectivity index (χ2n) is 4.40. The lowest BCUT2D eigenvalue weighted by Crippen LogP contribution is -2.38. The first-order valence-corrected chi connectivity index (χ1v) is 5.84. The van der Waals surface area contributed by atoms with Gasteiger partial charge in [0, 0.05) is 19.2 Å². The molecular formula is C12H19N3O3. The Morgan fingerprint density at radius 3 is 2.50 bits per heavy atom. The largest absolute Gasteiger partial charge is 0.480 e. The molecule has 18 heavy (non-hydrogen) atoms. The van der Waals surface area contributed by atoms with E-state index >= 15 is 0 Å². The van der Waals surface area contributed by atoms with Gasteiger partial charge in [0.15, 0.2) is 0 Å². The van der Waals surface area contributed by atoms with Crippen molar-refractivity contribution in [2.75, 3.05) is 0 Å². The van der Waals surface area contributed by atoms with Crippen LogP contribution in [0, 0.1) is 13.8 Å². The van der Waals surface area contributed by atoms with Crippen LogP contribution in [0.15, 0.2) is 0 Å². The second kappa shape index (κ2) is 5.66. The van der Waals surface area contributed by atoms with Gasteiger partial charge < -0.3 is 10.4 Å². The van der Waals surface area contributed by atoms with Gasteiger partial charge >= 0.3 is 5.97 Å². The van der Waals surface area contributed by atoms with Crippen molar-refractivity contribution in [1.29, 1.82) is 0 Å². The molecule has 1 amide bonds. The topological polar surface area (TPSA) is 84.2 Å². The maximum Gasteiger partial charge on any atom is 0.325 e.